The second-order valence-electron chi connectivity index (χ2n) is 4.66. The molecule has 0 heterocycles. The molecule has 0 bridgehead atoms. The van der Waals surface area contributed by atoms with Gasteiger partial charge < -0.3 is 20.3 Å². The van der Waals surface area contributed by atoms with Crippen LogP contribution >= 0.6 is 0 Å². The van der Waals surface area contributed by atoms with Crippen molar-refractivity contribution in [2.75, 3.05) is 13.2 Å². The van der Waals surface area contributed by atoms with Crippen LogP contribution < -0.4 is 5.73 Å². The summed E-state index contributed by atoms with van der Waals surface area (Å²) >= 11 is 0. The molecule has 7 heteroatoms. The molecule has 23 heavy (non-hydrogen) atoms. The van der Waals surface area contributed by atoms with Crippen LogP contribution in [-0.4, -0.2) is 42.3 Å². The lowest BCUT2D eigenvalue weighted by Crippen LogP contribution is -2.34. The molecular weight excluding hydrogens is 302 g/mol. The number of aliphatic carboxylic acids is 1. The summed E-state index contributed by atoms with van der Waals surface area (Å²) in [7, 11) is 0. The van der Waals surface area contributed by atoms with Crippen LogP contribution in [0.2, 0.25) is 0 Å². The zero-order valence-corrected chi connectivity index (χ0v) is 12.5. The number of carboxylic acid groups (broad SMARTS) is 1. The number of nitrogens with two attached hydrogens (primary N) is 1. The topological polar surface area (TPSA) is 116 Å². The third-order valence-corrected chi connectivity index (χ3v) is 2.74. The second-order valence-corrected chi connectivity index (χ2v) is 4.66. The van der Waals surface area contributed by atoms with E-state index in [1.807, 2.05) is 30.3 Å². The monoisotopic (exact) mass is 321 g/mol. The molecule has 0 saturated heterocycles. The predicted molar refractivity (Wildman–Crippen MR) is 81.4 cm³/mol. The maximum atomic E-state index is 11.7. The molecule has 0 radical (unpaired) electrons. The van der Waals surface area contributed by atoms with E-state index in [-0.39, 0.29) is 13.2 Å². The summed E-state index contributed by atoms with van der Waals surface area (Å²) in [4.78, 5) is 32.9. The zero-order chi connectivity index (χ0) is 17.1. The van der Waals surface area contributed by atoms with Crippen molar-refractivity contribution in [2.24, 2.45) is 5.73 Å². The first-order valence-electron chi connectivity index (χ1n) is 7.03. The fourth-order valence-corrected chi connectivity index (χ4v) is 1.65. The van der Waals surface area contributed by atoms with Crippen molar-refractivity contribution in [3.63, 3.8) is 0 Å². The number of hydrogen-bond acceptors (Lipinski definition) is 6. The lowest BCUT2D eigenvalue weighted by molar-refractivity contribution is -0.146. The number of carbonyl (C=O) groups excluding carboxylic acids is 2. The van der Waals surface area contributed by atoms with E-state index in [4.69, 9.17) is 20.3 Å². The van der Waals surface area contributed by atoms with Gasteiger partial charge in [0.05, 0.1) is 13.2 Å². The van der Waals surface area contributed by atoms with E-state index >= 15 is 0 Å². The van der Waals surface area contributed by atoms with Gasteiger partial charge in [0, 0.05) is 18.6 Å². The standard InChI is InChI=1S/C16H19NO6/c17-13(11-12-5-2-1-3-6-12)16(21)23-10-4-9-22-15(20)8-7-14(18)19/h1-3,5-8,13H,4,9-11,17H2,(H,18,19)/b8-7+. The Bertz CT molecular complexity index is 555. The van der Waals surface area contributed by atoms with Gasteiger partial charge in [-0.3, -0.25) is 4.79 Å². The fourth-order valence-electron chi connectivity index (χ4n) is 1.65. The summed E-state index contributed by atoms with van der Waals surface area (Å²) in [6, 6.07) is 8.59. The quantitative estimate of drug-likeness (QED) is 0.390. The highest BCUT2D eigenvalue weighted by molar-refractivity contribution is 5.90. The Labute approximate surface area is 133 Å². The molecule has 1 rings (SSSR count). The summed E-state index contributed by atoms with van der Waals surface area (Å²) in [6.07, 6.45) is 2.18. The van der Waals surface area contributed by atoms with Crippen molar-refractivity contribution in [1.82, 2.24) is 0 Å². The van der Waals surface area contributed by atoms with Gasteiger partial charge in [-0.1, -0.05) is 30.3 Å². The van der Waals surface area contributed by atoms with Gasteiger partial charge in [0.15, 0.2) is 0 Å². The first-order chi connectivity index (χ1) is 11.0. The van der Waals surface area contributed by atoms with E-state index in [0.717, 1.165) is 11.6 Å². The molecule has 1 aromatic rings. The summed E-state index contributed by atoms with van der Waals surface area (Å²) in [6.45, 7) is 0.0846. The van der Waals surface area contributed by atoms with Gasteiger partial charge in [-0.05, 0) is 12.0 Å². The van der Waals surface area contributed by atoms with Crippen LogP contribution in [0.3, 0.4) is 0 Å². The highest BCUT2D eigenvalue weighted by Crippen LogP contribution is 2.03. The number of hydrogen-bond donors (Lipinski definition) is 2. The van der Waals surface area contributed by atoms with Crippen molar-refractivity contribution in [3.05, 3.63) is 48.0 Å². The van der Waals surface area contributed by atoms with Gasteiger partial charge in [0.2, 0.25) is 0 Å². The molecule has 0 spiro atoms. The molecule has 0 aliphatic carbocycles. The van der Waals surface area contributed by atoms with Crippen LogP contribution in [0.25, 0.3) is 0 Å². The maximum absolute atomic E-state index is 11.7. The largest absolute Gasteiger partial charge is 0.478 e. The molecular formula is C16H19NO6. The van der Waals surface area contributed by atoms with Crippen molar-refractivity contribution in [2.45, 2.75) is 18.9 Å². The van der Waals surface area contributed by atoms with Gasteiger partial charge in [0.1, 0.15) is 6.04 Å². The maximum Gasteiger partial charge on any atom is 0.331 e. The Hall–Kier alpha value is -2.67. The normalized spacial score (nSPS) is 11.9. The Morgan fingerprint density at radius 3 is 2.39 bits per heavy atom. The second kappa shape index (κ2) is 10.1. The van der Waals surface area contributed by atoms with Gasteiger partial charge in [0.25, 0.3) is 0 Å². The molecule has 0 aliphatic rings. The van der Waals surface area contributed by atoms with Gasteiger partial charge >= 0.3 is 17.9 Å². The number of ether oxygens (including phenoxy) is 2. The van der Waals surface area contributed by atoms with Gasteiger partial charge in [-0.15, -0.1) is 0 Å². The van der Waals surface area contributed by atoms with Crippen LogP contribution in [0.15, 0.2) is 42.5 Å². The van der Waals surface area contributed by atoms with Crippen LogP contribution in [0.4, 0.5) is 0 Å². The van der Waals surface area contributed by atoms with E-state index in [1.165, 1.54) is 0 Å². The Morgan fingerprint density at radius 2 is 1.74 bits per heavy atom. The summed E-state index contributed by atoms with van der Waals surface area (Å²) in [5.74, 6) is -2.52. The van der Waals surface area contributed by atoms with E-state index in [0.29, 0.717) is 18.9 Å². The first kappa shape index (κ1) is 18.4. The summed E-state index contributed by atoms with van der Waals surface area (Å²) in [5, 5.41) is 8.33. The highest BCUT2D eigenvalue weighted by atomic mass is 16.5. The average molecular weight is 321 g/mol. The molecule has 0 fully saturated rings. The van der Waals surface area contributed by atoms with Crippen molar-refractivity contribution in [1.29, 1.82) is 0 Å². The summed E-state index contributed by atoms with van der Waals surface area (Å²) < 4.78 is 9.71. The predicted octanol–water partition coefficient (Wildman–Crippen LogP) is 0.674. The molecule has 0 saturated carbocycles. The van der Waals surface area contributed by atoms with Crippen LogP contribution in [0.1, 0.15) is 12.0 Å². The Morgan fingerprint density at radius 1 is 1.09 bits per heavy atom. The van der Waals surface area contributed by atoms with E-state index in [9.17, 15) is 14.4 Å². The minimum absolute atomic E-state index is 0.0179. The van der Waals surface area contributed by atoms with Crippen molar-refractivity contribution in [3.8, 4) is 0 Å². The van der Waals surface area contributed by atoms with E-state index < -0.39 is 23.9 Å². The van der Waals surface area contributed by atoms with Crippen molar-refractivity contribution < 1.29 is 29.0 Å². The number of benzene rings is 1. The lowest BCUT2D eigenvalue weighted by atomic mass is 10.1. The van der Waals surface area contributed by atoms with Gasteiger partial charge in [-0.25, -0.2) is 9.59 Å². The molecule has 124 valence electrons. The third-order valence-electron chi connectivity index (χ3n) is 2.74. The average Bonchev–Trinajstić information content (AvgIpc) is 2.53. The molecule has 1 aromatic carbocycles. The molecule has 1 atom stereocenters. The molecule has 3 N–H and O–H groups in total. The molecule has 0 amide bonds. The number of carbonyl (C=O) groups is 3. The van der Waals surface area contributed by atoms with E-state index in [2.05, 4.69) is 0 Å². The van der Waals surface area contributed by atoms with Gasteiger partial charge in [-0.2, -0.15) is 0 Å². The third kappa shape index (κ3) is 8.37. The molecule has 0 aliphatic heterocycles. The minimum atomic E-state index is -1.23. The number of rotatable bonds is 9. The van der Waals surface area contributed by atoms with Crippen LogP contribution in [-0.2, 0) is 30.3 Å². The molecule has 7 nitrogen and oxygen atoms in total. The smallest absolute Gasteiger partial charge is 0.331 e. The summed E-state index contributed by atoms with van der Waals surface area (Å²) in [5.41, 5.74) is 6.70. The molecule has 1 unspecified atom stereocenters. The minimum Gasteiger partial charge on any atom is -0.478 e. The fraction of sp³-hybridized carbons (Fsp3) is 0.312. The first-order valence-corrected chi connectivity index (χ1v) is 7.03. The van der Waals surface area contributed by atoms with Crippen molar-refractivity contribution >= 4 is 17.9 Å². The SMILES string of the molecule is NC(Cc1ccccc1)C(=O)OCCCOC(=O)/C=C/C(=O)O. The number of carboxylic acids is 1. The van der Waals surface area contributed by atoms with Crippen LogP contribution in [0, 0.1) is 0 Å². The number of esters is 2. The highest BCUT2D eigenvalue weighted by Gasteiger charge is 2.15. The Balaban J connectivity index is 2.16. The Kier molecular flexibility index (Phi) is 8.09. The van der Waals surface area contributed by atoms with Crippen LogP contribution in [0.5, 0.6) is 0 Å². The molecule has 0 aromatic heterocycles. The zero-order valence-electron chi connectivity index (χ0n) is 12.5. The lowest BCUT2D eigenvalue weighted by Gasteiger charge is -2.11. The van der Waals surface area contributed by atoms with E-state index in [1.54, 1.807) is 0 Å².